The van der Waals surface area contributed by atoms with Crippen LogP contribution in [0, 0.1) is 0 Å². The molecule has 6 rings (SSSR count). The molecular formula is C31H34N4O2. The van der Waals surface area contributed by atoms with E-state index < -0.39 is 5.92 Å². The lowest BCUT2D eigenvalue weighted by atomic mass is 9.76. The normalized spacial score (nSPS) is 21.6. The molecule has 1 fully saturated rings. The summed E-state index contributed by atoms with van der Waals surface area (Å²) in [7, 11) is 0. The van der Waals surface area contributed by atoms with Gasteiger partial charge in [0.05, 0.1) is 12.0 Å². The van der Waals surface area contributed by atoms with Crippen molar-refractivity contribution in [2.75, 3.05) is 45.8 Å². The van der Waals surface area contributed by atoms with Gasteiger partial charge in [-0.25, -0.2) is 0 Å². The number of carbonyl (C=O) groups is 2. The molecule has 3 aliphatic rings. The van der Waals surface area contributed by atoms with Gasteiger partial charge in [0.2, 0.25) is 5.91 Å². The highest BCUT2D eigenvalue weighted by Gasteiger charge is 2.46. The van der Waals surface area contributed by atoms with Gasteiger partial charge in [0, 0.05) is 57.9 Å². The van der Waals surface area contributed by atoms with Gasteiger partial charge in [-0.2, -0.15) is 0 Å². The lowest BCUT2D eigenvalue weighted by Gasteiger charge is -2.45. The Hall–Kier alpha value is -3.48. The Bertz CT molecular complexity index is 1270. The minimum atomic E-state index is -0.405. The number of hydrogen-bond acceptors (Lipinski definition) is 4. The van der Waals surface area contributed by atoms with Crippen molar-refractivity contribution in [1.82, 2.24) is 20.0 Å². The zero-order valence-corrected chi connectivity index (χ0v) is 21.2. The molecule has 0 spiro atoms. The van der Waals surface area contributed by atoms with Crippen LogP contribution < -0.4 is 5.32 Å². The molecule has 190 valence electrons. The van der Waals surface area contributed by atoms with Gasteiger partial charge in [-0.05, 0) is 34.7 Å². The van der Waals surface area contributed by atoms with Gasteiger partial charge in [-0.1, -0.05) is 72.8 Å². The second kappa shape index (κ2) is 10.5. The van der Waals surface area contributed by atoms with E-state index in [2.05, 4.69) is 57.6 Å². The van der Waals surface area contributed by atoms with Crippen molar-refractivity contribution >= 4 is 11.8 Å². The van der Waals surface area contributed by atoms with E-state index in [1.807, 2.05) is 41.3 Å². The van der Waals surface area contributed by atoms with Crippen molar-refractivity contribution in [2.24, 2.45) is 0 Å². The van der Waals surface area contributed by atoms with E-state index in [1.54, 1.807) is 0 Å². The molecule has 2 atom stereocenters. The van der Waals surface area contributed by atoms with Gasteiger partial charge in [0.15, 0.2) is 0 Å². The highest BCUT2D eigenvalue weighted by molar-refractivity contribution is 6.01. The summed E-state index contributed by atoms with van der Waals surface area (Å²) in [5, 5.41) is 3.24. The van der Waals surface area contributed by atoms with E-state index in [1.165, 1.54) is 11.1 Å². The van der Waals surface area contributed by atoms with Crippen LogP contribution in [0.1, 0.15) is 44.6 Å². The van der Waals surface area contributed by atoms with E-state index in [9.17, 15) is 9.59 Å². The second-order valence-corrected chi connectivity index (χ2v) is 10.4. The number of hydrogen-bond donors (Lipinski definition) is 1. The SMILES string of the molecule is O=C(NCCN1CCN(Cc2ccccc2)CC1)[C@@H]1c2ccccc2C(=O)N2CCc3ccccc3[C@H]12. The van der Waals surface area contributed by atoms with Crippen LogP contribution >= 0.6 is 0 Å². The lowest BCUT2D eigenvalue weighted by Crippen LogP contribution is -2.51. The standard InChI is InChI=1S/C31H34N4O2/c36-30(32-15-17-33-18-20-34(21-19-33)22-23-8-2-1-3-9-23)28-26-12-6-7-13-27(26)31(37)35-16-14-24-10-4-5-11-25(24)29(28)35/h1-13,28-29H,14-22H2,(H,32,36)/t28-,29-/m1/s1. The third-order valence-corrected chi connectivity index (χ3v) is 8.16. The monoisotopic (exact) mass is 494 g/mol. The summed E-state index contributed by atoms with van der Waals surface area (Å²) in [5.74, 6) is -0.361. The Morgan fingerprint density at radius 2 is 1.46 bits per heavy atom. The van der Waals surface area contributed by atoms with E-state index >= 15 is 0 Å². The van der Waals surface area contributed by atoms with Crippen molar-refractivity contribution in [2.45, 2.75) is 24.9 Å². The van der Waals surface area contributed by atoms with Crippen LogP contribution in [0.15, 0.2) is 78.9 Å². The van der Waals surface area contributed by atoms with Crippen LogP contribution in [-0.2, 0) is 17.8 Å². The minimum Gasteiger partial charge on any atom is -0.354 e. The zero-order valence-electron chi connectivity index (χ0n) is 21.2. The van der Waals surface area contributed by atoms with Crippen molar-refractivity contribution < 1.29 is 9.59 Å². The largest absolute Gasteiger partial charge is 0.354 e. The number of fused-ring (bicyclic) bond motifs is 4. The fourth-order valence-corrected chi connectivity index (χ4v) is 6.22. The maximum Gasteiger partial charge on any atom is 0.254 e. The summed E-state index contributed by atoms with van der Waals surface area (Å²) in [4.78, 5) is 34.0. The van der Waals surface area contributed by atoms with Crippen molar-refractivity contribution in [1.29, 1.82) is 0 Å². The van der Waals surface area contributed by atoms with Gasteiger partial charge in [-0.3, -0.25) is 19.4 Å². The van der Waals surface area contributed by atoms with Crippen LogP contribution in [0.4, 0.5) is 0 Å². The van der Waals surface area contributed by atoms with Crippen molar-refractivity contribution in [3.05, 3.63) is 107 Å². The quantitative estimate of drug-likeness (QED) is 0.570. The zero-order chi connectivity index (χ0) is 25.2. The first-order chi connectivity index (χ1) is 18.2. The van der Waals surface area contributed by atoms with Crippen LogP contribution in [0.5, 0.6) is 0 Å². The molecular weight excluding hydrogens is 460 g/mol. The first-order valence-electron chi connectivity index (χ1n) is 13.4. The number of benzene rings is 3. The highest BCUT2D eigenvalue weighted by atomic mass is 16.2. The summed E-state index contributed by atoms with van der Waals surface area (Å²) in [6.45, 7) is 7.17. The molecule has 0 aliphatic carbocycles. The number of rotatable bonds is 6. The summed E-state index contributed by atoms with van der Waals surface area (Å²) in [5.41, 5.74) is 5.20. The molecule has 0 radical (unpaired) electrons. The molecule has 0 saturated carbocycles. The average Bonchev–Trinajstić information content (AvgIpc) is 2.94. The number of nitrogens with zero attached hydrogens (tertiary/aromatic N) is 3. The van der Waals surface area contributed by atoms with Gasteiger partial charge in [0.1, 0.15) is 0 Å². The van der Waals surface area contributed by atoms with Crippen molar-refractivity contribution in [3.8, 4) is 0 Å². The van der Waals surface area contributed by atoms with Gasteiger partial charge in [-0.15, -0.1) is 0 Å². The summed E-state index contributed by atoms with van der Waals surface area (Å²) < 4.78 is 0. The highest BCUT2D eigenvalue weighted by Crippen LogP contribution is 2.45. The molecule has 2 amide bonds. The average molecular weight is 495 g/mol. The molecule has 0 bridgehead atoms. The smallest absolute Gasteiger partial charge is 0.254 e. The predicted molar refractivity (Wildman–Crippen MR) is 144 cm³/mol. The molecule has 6 nitrogen and oxygen atoms in total. The van der Waals surface area contributed by atoms with E-state index in [-0.39, 0.29) is 17.9 Å². The first kappa shape index (κ1) is 23.9. The van der Waals surface area contributed by atoms with Gasteiger partial charge < -0.3 is 10.2 Å². The van der Waals surface area contributed by atoms with Crippen molar-refractivity contribution in [3.63, 3.8) is 0 Å². The number of piperazine rings is 1. The molecule has 1 saturated heterocycles. The Morgan fingerprint density at radius 1 is 0.784 bits per heavy atom. The molecule has 0 unspecified atom stereocenters. The fourth-order valence-electron chi connectivity index (χ4n) is 6.22. The molecule has 3 heterocycles. The van der Waals surface area contributed by atoms with Gasteiger partial charge in [0.25, 0.3) is 5.91 Å². The fraction of sp³-hybridized carbons (Fsp3) is 0.355. The molecule has 1 N–H and O–H groups in total. The third-order valence-electron chi connectivity index (χ3n) is 8.16. The molecule has 37 heavy (non-hydrogen) atoms. The van der Waals surface area contributed by atoms with Crippen LogP contribution in [0.2, 0.25) is 0 Å². The molecule has 3 aromatic rings. The van der Waals surface area contributed by atoms with E-state index in [0.29, 0.717) is 18.7 Å². The Balaban J connectivity index is 1.11. The predicted octanol–water partition coefficient (Wildman–Crippen LogP) is 3.46. The number of nitrogens with one attached hydrogen (secondary N) is 1. The Morgan fingerprint density at radius 3 is 2.27 bits per heavy atom. The molecule has 3 aliphatic heterocycles. The number of amides is 2. The Kier molecular flexibility index (Phi) is 6.77. The Labute approximate surface area is 218 Å². The third kappa shape index (κ3) is 4.79. The summed E-state index contributed by atoms with van der Waals surface area (Å²) >= 11 is 0. The number of carbonyl (C=O) groups excluding carboxylic acids is 2. The minimum absolute atomic E-state index is 0.00867. The lowest BCUT2D eigenvalue weighted by molar-refractivity contribution is -0.124. The molecule has 6 heteroatoms. The topological polar surface area (TPSA) is 55.9 Å². The maximum absolute atomic E-state index is 13.8. The first-order valence-corrected chi connectivity index (χ1v) is 13.4. The molecule has 0 aromatic heterocycles. The summed E-state index contributed by atoms with van der Waals surface area (Å²) in [6, 6.07) is 26.3. The molecule has 3 aromatic carbocycles. The van der Waals surface area contributed by atoms with E-state index in [4.69, 9.17) is 0 Å². The van der Waals surface area contributed by atoms with Crippen LogP contribution in [-0.4, -0.2) is 72.3 Å². The second-order valence-electron chi connectivity index (χ2n) is 10.4. The van der Waals surface area contributed by atoms with Crippen LogP contribution in [0.3, 0.4) is 0 Å². The van der Waals surface area contributed by atoms with Crippen LogP contribution in [0.25, 0.3) is 0 Å². The van der Waals surface area contributed by atoms with E-state index in [0.717, 1.165) is 56.8 Å². The summed E-state index contributed by atoms with van der Waals surface area (Å²) in [6.07, 6.45) is 0.825. The maximum atomic E-state index is 13.8. The van der Waals surface area contributed by atoms with Gasteiger partial charge >= 0.3 is 0 Å².